The van der Waals surface area contributed by atoms with E-state index in [-0.39, 0.29) is 5.82 Å². The van der Waals surface area contributed by atoms with Crippen LogP contribution in [0.5, 0.6) is 0 Å². The highest BCUT2D eigenvalue weighted by Crippen LogP contribution is 2.24. The van der Waals surface area contributed by atoms with Gasteiger partial charge in [0.2, 0.25) is 0 Å². The number of unbranched alkanes of at least 4 members (excludes halogenated alkanes) is 1. The molecule has 0 heterocycles. The van der Waals surface area contributed by atoms with Crippen LogP contribution in [-0.2, 0) is 6.42 Å². The molecule has 0 aliphatic heterocycles. The van der Waals surface area contributed by atoms with E-state index in [9.17, 15) is 9.18 Å². The van der Waals surface area contributed by atoms with Crippen molar-refractivity contribution in [1.29, 1.82) is 0 Å². The molecule has 0 bridgehead atoms. The van der Waals surface area contributed by atoms with Crippen molar-refractivity contribution in [2.75, 3.05) is 0 Å². The van der Waals surface area contributed by atoms with Gasteiger partial charge in [0.25, 0.3) is 0 Å². The summed E-state index contributed by atoms with van der Waals surface area (Å²) in [6, 6.07) is 12.3. The van der Waals surface area contributed by atoms with Gasteiger partial charge < -0.3 is 0 Å². The van der Waals surface area contributed by atoms with Crippen LogP contribution in [0.3, 0.4) is 0 Å². The fraction of sp³-hybridized carbons (Fsp3) is 0.235. The molecular weight excluding hydrogens is 239 g/mol. The lowest BCUT2D eigenvalue weighted by Crippen LogP contribution is -1.89. The Balaban J connectivity index is 2.28. The van der Waals surface area contributed by atoms with Crippen molar-refractivity contribution in [2.45, 2.75) is 26.2 Å². The van der Waals surface area contributed by atoms with Gasteiger partial charge in [-0.2, -0.15) is 0 Å². The summed E-state index contributed by atoms with van der Waals surface area (Å²) >= 11 is 0. The van der Waals surface area contributed by atoms with E-state index in [0.717, 1.165) is 31.1 Å². The second-order valence-corrected chi connectivity index (χ2v) is 4.66. The molecule has 2 heteroatoms. The first kappa shape index (κ1) is 13.5. The number of carbonyl (C=O) groups excluding carboxylic acids is 1. The zero-order valence-corrected chi connectivity index (χ0v) is 11.0. The van der Waals surface area contributed by atoms with Crippen LogP contribution in [0, 0.1) is 5.82 Å². The van der Waals surface area contributed by atoms with Crippen LogP contribution in [0.2, 0.25) is 0 Å². The highest BCUT2D eigenvalue weighted by atomic mass is 19.1. The van der Waals surface area contributed by atoms with Crippen molar-refractivity contribution in [3.8, 4) is 11.1 Å². The molecule has 2 aromatic rings. The average Bonchev–Trinajstić information content (AvgIpc) is 2.46. The van der Waals surface area contributed by atoms with E-state index in [1.54, 1.807) is 6.07 Å². The number of rotatable bonds is 5. The lowest BCUT2D eigenvalue weighted by molar-refractivity contribution is 0.112. The van der Waals surface area contributed by atoms with E-state index in [1.165, 1.54) is 17.7 Å². The SMILES string of the molecule is CCCCc1ccc(-c2cc(C=O)ccc2F)cc1. The van der Waals surface area contributed by atoms with Gasteiger partial charge in [-0.3, -0.25) is 4.79 Å². The molecule has 19 heavy (non-hydrogen) atoms. The van der Waals surface area contributed by atoms with Crippen LogP contribution >= 0.6 is 0 Å². The number of hydrogen-bond donors (Lipinski definition) is 0. The number of hydrogen-bond acceptors (Lipinski definition) is 1. The van der Waals surface area contributed by atoms with Gasteiger partial charge in [-0.05, 0) is 42.2 Å². The Morgan fingerprint density at radius 1 is 1.11 bits per heavy atom. The molecule has 2 aromatic carbocycles. The first-order valence-corrected chi connectivity index (χ1v) is 6.58. The van der Waals surface area contributed by atoms with Crippen LogP contribution in [0.4, 0.5) is 4.39 Å². The van der Waals surface area contributed by atoms with E-state index in [0.29, 0.717) is 11.1 Å². The van der Waals surface area contributed by atoms with Crippen LogP contribution in [0.15, 0.2) is 42.5 Å². The van der Waals surface area contributed by atoms with Crippen molar-refractivity contribution in [3.05, 3.63) is 59.4 Å². The second-order valence-electron chi connectivity index (χ2n) is 4.66. The van der Waals surface area contributed by atoms with E-state index in [1.807, 2.05) is 24.3 Å². The summed E-state index contributed by atoms with van der Waals surface area (Å²) in [5, 5.41) is 0. The van der Waals surface area contributed by atoms with Crippen LogP contribution in [-0.4, -0.2) is 6.29 Å². The van der Waals surface area contributed by atoms with Crippen LogP contribution < -0.4 is 0 Å². The molecule has 0 radical (unpaired) electrons. The standard InChI is InChI=1S/C17H17FO/c1-2-3-4-13-5-8-15(9-6-13)16-11-14(12-19)7-10-17(16)18/h5-12H,2-4H2,1H3. The Bertz CT molecular complexity index is 558. The molecule has 98 valence electrons. The first-order valence-electron chi connectivity index (χ1n) is 6.58. The molecule has 0 spiro atoms. The molecular formula is C17H17FO. The first-order chi connectivity index (χ1) is 9.24. The van der Waals surface area contributed by atoms with E-state index in [2.05, 4.69) is 6.92 Å². The predicted octanol–water partition coefficient (Wildman–Crippen LogP) is 4.65. The maximum Gasteiger partial charge on any atom is 0.150 e. The molecule has 0 aromatic heterocycles. The normalized spacial score (nSPS) is 10.4. The number of aldehydes is 1. The third-order valence-corrected chi connectivity index (χ3v) is 3.21. The minimum atomic E-state index is -0.299. The van der Waals surface area contributed by atoms with Crippen molar-refractivity contribution < 1.29 is 9.18 Å². The fourth-order valence-corrected chi connectivity index (χ4v) is 2.07. The van der Waals surface area contributed by atoms with Gasteiger partial charge in [-0.15, -0.1) is 0 Å². The monoisotopic (exact) mass is 256 g/mol. The van der Waals surface area contributed by atoms with E-state index >= 15 is 0 Å². The Kier molecular flexibility index (Phi) is 4.45. The topological polar surface area (TPSA) is 17.1 Å². The fourth-order valence-electron chi connectivity index (χ4n) is 2.07. The smallest absolute Gasteiger partial charge is 0.150 e. The summed E-state index contributed by atoms with van der Waals surface area (Å²) in [5.74, 6) is -0.299. The summed E-state index contributed by atoms with van der Waals surface area (Å²) in [6.07, 6.45) is 4.11. The van der Waals surface area contributed by atoms with Crippen molar-refractivity contribution >= 4 is 6.29 Å². The van der Waals surface area contributed by atoms with Gasteiger partial charge in [0.05, 0.1) is 0 Å². The van der Waals surface area contributed by atoms with Gasteiger partial charge >= 0.3 is 0 Å². The Morgan fingerprint density at radius 3 is 2.47 bits per heavy atom. The highest BCUT2D eigenvalue weighted by Gasteiger charge is 2.06. The molecule has 1 nitrogen and oxygen atoms in total. The lowest BCUT2D eigenvalue weighted by Gasteiger charge is -2.06. The van der Waals surface area contributed by atoms with Gasteiger partial charge in [-0.25, -0.2) is 4.39 Å². The minimum absolute atomic E-state index is 0.299. The molecule has 0 fully saturated rings. The molecule has 0 saturated carbocycles. The summed E-state index contributed by atoms with van der Waals surface area (Å²) in [4.78, 5) is 10.8. The van der Waals surface area contributed by atoms with Gasteiger partial charge in [0.15, 0.2) is 0 Å². The molecule has 0 aliphatic rings. The van der Waals surface area contributed by atoms with E-state index in [4.69, 9.17) is 0 Å². The van der Waals surface area contributed by atoms with Crippen molar-refractivity contribution in [2.24, 2.45) is 0 Å². The average molecular weight is 256 g/mol. The van der Waals surface area contributed by atoms with Gasteiger partial charge in [0.1, 0.15) is 12.1 Å². The molecule has 0 N–H and O–H groups in total. The Hall–Kier alpha value is -1.96. The summed E-state index contributed by atoms with van der Waals surface area (Å²) in [5.41, 5.74) is 3.04. The quantitative estimate of drug-likeness (QED) is 0.712. The Labute approximate surface area is 113 Å². The maximum atomic E-state index is 13.8. The third-order valence-electron chi connectivity index (χ3n) is 3.21. The summed E-state index contributed by atoms with van der Waals surface area (Å²) < 4.78 is 13.8. The number of benzene rings is 2. The summed E-state index contributed by atoms with van der Waals surface area (Å²) in [6.45, 7) is 2.16. The van der Waals surface area contributed by atoms with Crippen molar-refractivity contribution in [1.82, 2.24) is 0 Å². The molecule has 0 saturated heterocycles. The molecule has 0 atom stereocenters. The number of carbonyl (C=O) groups is 1. The summed E-state index contributed by atoms with van der Waals surface area (Å²) in [7, 11) is 0. The van der Waals surface area contributed by atoms with Gasteiger partial charge in [0, 0.05) is 11.1 Å². The van der Waals surface area contributed by atoms with Crippen LogP contribution in [0.25, 0.3) is 11.1 Å². The van der Waals surface area contributed by atoms with Crippen molar-refractivity contribution in [3.63, 3.8) is 0 Å². The Morgan fingerprint density at radius 2 is 1.84 bits per heavy atom. The molecule has 2 rings (SSSR count). The number of aryl methyl sites for hydroxylation is 1. The zero-order chi connectivity index (χ0) is 13.7. The second kappa shape index (κ2) is 6.28. The third kappa shape index (κ3) is 3.28. The largest absolute Gasteiger partial charge is 0.298 e. The lowest BCUT2D eigenvalue weighted by atomic mass is 10.00. The zero-order valence-electron chi connectivity index (χ0n) is 11.0. The molecule has 0 unspecified atom stereocenters. The number of halogens is 1. The molecule has 0 aliphatic carbocycles. The van der Waals surface area contributed by atoms with Crippen LogP contribution in [0.1, 0.15) is 35.7 Å². The predicted molar refractivity (Wildman–Crippen MR) is 75.8 cm³/mol. The van der Waals surface area contributed by atoms with Gasteiger partial charge in [-0.1, -0.05) is 37.6 Å². The highest BCUT2D eigenvalue weighted by molar-refractivity contribution is 5.79. The molecule has 0 amide bonds. The minimum Gasteiger partial charge on any atom is -0.298 e. The maximum absolute atomic E-state index is 13.8. The van der Waals surface area contributed by atoms with E-state index < -0.39 is 0 Å².